The van der Waals surface area contributed by atoms with Crippen LogP contribution in [0.4, 0.5) is 18.9 Å². The van der Waals surface area contributed by atoms with Gasteiger partial charge < -0.3 is 16.0 Å². The standard InChI is InChI=1S/C20H30F3N3.C6H6.C2H6.C2H4/c1-4-24-9-10-25-12-14(2)5-6-16-13-26-19-8-7-17(20(21,22)23)11-18(19)15(16)3;1-2-4-6-5-3-1;2*1-2/h4,7-8,11,14-16,24-26H,1,5-6,9-10,12-13H2,2-3H3;1-6H;1-2H3;1-2H2. The highest BCUT2D eigenvalue weighted by Crippen LogP contribution is 2.40. The van der Waals surface area contributed by atoms with Crippen molar-refractivity contribution in [3.63, 3.8) is 0 Å². The van der Waals surface area contributed by atoms with Crippen molar-refractivity contribution in [2.24, 2.45) is 11.8 Å². The zero-order valence-electron chi connectivity index (χ0n) is 22.5. The van der Waals surface area contributed by atoms with E-state index in [9.17, 15) is 13.2 Å². The van der Waals surface area contributed by atoms with E-state index in [0.29, 0.717) is 11.8 Å². The summed E-state index contributed by atoms with van der Waals surface area (Å²) in [5, 5.41) is 9.77. The molecule has 0 fully saturated rings. The molecule has 3 N–H and O–H groups in total. The van der Waals surface area contributed by atoms with Gasteiger partial charge in [0, 0.05) is 25.3 Å². The van der Waals surface area contributed by atoms with Crippen LogP contribution in [0.2, 0.25) is 0 Å². The molecule has 1 aliphatic rings. The summed E-state index contributed by atoms with van der Waals surface area (Å²) in [5.74, 6) is 1.02. The highest BCUT2D eigenvalue weighted by molar-refractivity contribution is 5.56. The molecule has 1 aliphatic heterocycles. The lowest BCUT2D eigenvalue weighted by Crippen LogP contribution is -2.30. The van der Waals surface area contributed by atoms with Gasteiger partial charge in [0.2, 0.25) is 0 Å². The molecule has 0 aliphatic carbocycles. The summed E-state index contributed by atoms with van der Waals surface area (Å²) in [6.45, 7) is 21.4. The van der Waals surface area contributed by atoms with E-state index in [0.717, 1.165) is 56.3 Å². The average molecular weight is 506 g/mol. The van der Waals surface area contributed by atoms with Gasteiger partial charge in [0.25, 0.3) is 0 Å². The Bertz CT molecular complexity index is 782. The summed E-state index contributed by atoms with van der Waals surface area (Å²) in [5.41, 5.74) is 1.07. The van der Waals surface area contributed by atoms with E-state index < -0.39 is 11.7 Å². The van der Waals surface area contributed by atoms with Gasteiger partial charge in [-0.15, -0.1) is 13.2 Å². The SMILES string of the molecule is C=C.C=CNCCNCC(C)CCC1CNc2ccc(C(F)(F)F)cc2C1C.CC.c1ccccc1. The van der Waals surface area contributed by atoms with Crippen molar-refractivity contribution in [2.45, 2.75) is 52.6 Å². The molecule has 0 saturated carbocycles. The van der Waals surface area contributed by atoms with Crippen LogP contribution >= 0.6 is 0 Å². The lowest BCUT2D eigenvalue weighted by atomic mass is 9.79. The molecule has 6 heteroatoms. The van der Waals surface area contributed by atoms with Crippen LogP contribution in [0, 0.1) is 11.8 Å². The topological polar surface area (TPSA) is 36.1 Å². The number of halogens is 3. The summed E-state index contributed by atoms with van der Waals surface area (Å²) in [6.07, 6.45) is -0.530. The summed E-state index contributed by atoms with van der Waals surface area (Å²) >= 11 is 0. The van der Waals surface area contributed by atoms with E-state index in [1.165, 1.54) is 6.07 Å². The predicted octanol–water partition coefficient (Wildman–Crippen LogP) is 8.10. The minimum Gasteiger partial charge on any atom is -0.390 e. The van der Waals surface area contributed by atoms with E-state index in [-0.39, 0.29) is 5.92 Å². The molecule has 0 aromatic heterocycles. The molecule has 0 amide bonds. The molecule has 2 aromatic carbocycles. The first-order chi connectivity index (χ1) is 17.3. The lowest BCUT2D eigenvalue weighted by molar-refractivity contribution is -0.137. The van der Waals surface area contributed by atoms with Crippen molar-refractivity contribution >= 4 is 5.69 Å². The molecular weight excluding hydrogens is 459 g/mol. The Labute approximate surface area is 217 Å². The number of benzene rings is 2. The first kappa shape index (κ1) is 33.3. The van der Waals surface area contributed by atoms with Gasteiger partial charge in [0.05, 0.1) is 5.56 Å². The van der Waals surface area contributed by atoms with Crippen LogP contribution in [-0.4, -0.2) is 26.2 Å². The number of fused-ring (bicyclic) bond motifs is 1. The maximum atomic E-state index is 13.0. The average Bonchev–Trinajstić information content (AvgIpc) is 2.91. The van der Waals surface area contributed by atoms with Crippen molar-refractivity contribution in [3.8, 4) is 0 Å². The third-order valence-electron chi connectivity index (χ3n) is 5.91. The summed E-state index contributed by atoms with van der Waals surface area (Å²) in [7, 11) is 0. The van der Waals surface area contributed by atoms with Gasteiger partial charge in [-0.3, -0.25) is 0 Å². The first-order valence-corrected chi connectivity index (χ1v) is 12.8. The van der Waals surface area contributed by atoms with Gasteiger partial charge in [-0.25, -0.2) is 0 Å². The zero-order chi connectivity index (χ0) is 27.4. The molecular formula is C30H46F3N3. The molecule has 36 heavy (non-hydrogen) atoms. The fourth-order valence-corrected chi connectivity index (χ4v) is 3.90. The molecule has 0 bridgehead atoms. The molecule has 3 atom stereocenters. The third kappa shape index (κ3) is 12.8. The molecule has 0 spiro atoms. The van der Waals surface area contributed by atoms with Gasteiger partial charge in [0.1, 0.15) is 0 Å². The van der Waals surface area contributed by atoms with Gasteiger partial charge in [0.15, 0.2) is 0 Å². The predicted molar refractivity (Wildman–Crippen MR) is 150 cm³/mol. The Morgan fingerprint density at radius 1 is 1.06 bits per heavy atom. The summed E-state index contributed by atoms with van der Waals surface area (Å²) in [6, 6.07) is 16.0. The van der Waals surface area contributed by atoms with E-state index in [1.54, 1.807) is 12.3 Å². The van der Waals surface area contributed by atoms with Crippen LogP contribution in [0.1, 0.15) is 57.6 Å². The number of rotatable bonds is 9. The largest absolute Gasteiger partial charge is 0.416 e. The molecule has 0 saturated heterocycles. The van der Waals surface area contributed by atoms with Crippen LogP contribution in [0.3, 0.4) is 0 Å². The first-order valence-electron chi connectivity index (χ1n) is 12.8. The molecule has 202 valence electrons. The molecule has 3 rings (SSSR count). The third-order valence-corrected chi connectivity index (χ3v) is 5.91. The Morgan fingerprint density at radius 3 is 2.17 bits per heavy atom. The van der Waals surface area contributed by atoms with E-state index in [2.05, 4.69) is 42.6 Å². The molecule has 3 nitrogen and oxygen atoms in total. The maximum Gasteiger partial charge on any atom is 0.416 e. The summed E-state index contributed by atoms with van der Waals surface area (Å²) < 4.78 is 39.0. The molecule has 3 unspecified atom stereocenters. The highest BCUT2D eigenvalue weighted by atomic mass is 19.4. The Morgan fingerprint density at radius 2 is 1.64 bits per heavy atom. The van der Waals surface area contributed by atoms with Crippen molar-refractivity contribution < 1.29 is 13.2 Å². The monoisotopic (exact) mass is 505 g/mol. The van der Waals surface area contributed by atoms with E-state index in [4.69, 9.17) is 0 Å². The smallest absolute Gasteiger partial charge is 0.390 e. The number of anilines is 1. The van der Waals surface area contributed by atoms with Crippen LogP contribution in [-0.2, 0) is 6.18 Å². The Kier molecular flexibility index (Phi) is 18.0. The lowest BCUT2D eigenvalue weighted by Gasteiger charge is -2.33. The van der Waals surface area contributed by atoms with Gasteiger partial charge >= 0.3 is 6.18 Å². The van der Waals surface area contributed by atoms with Crippen molar-refractivity contribution in [1.82, 2.24) is 10.6 Å². The minimum absolute atomic E-state index is 0.130. The number of hydrogen-bond acceptors (Lipinski definition) is 3. The van der Waals surface area contributed by atoms with Crippen molar-refractivity contribution in [1.29, 1.82) is 0 Å². The minimum atomic E-state index is -4.29. The number of alkyl halides is 3. The Balaban J connectivity index is 0.00000104. The second-order valence-electron chi connectivity index (χ2n) is 8.43. The van der Waals surface area contributed by atoms with Gasteiger partial charge in [-0.05, 0) is 67.1 Å². The fourth-order valence-electron chi connectivity index (χ4n) is 3.90. The number of nitrogens with one attached hydrogen (secondary N) is 3. The molecule has 2 aromatic rings. The van der Waals surface area contributed by atoms with E-state index in [1.807, 2.05) is 57.2 Å². The second kappa shape index (κ2) is 19.5. The number of hydrogen-bond donors (Lipinski definition) is 3. The highest BCUT2D eigenvalue weighted by Gasteiger charge is 2.33. The summed E-state index contributed by atoms with van der Waals surface area (Å²) in [4.78, 5) is 0. The Hall–Kier alpha value is -2.73. The van der Waals surface area contributed by atoms with Crippen molar-refractivity contribution in [2.75, 3.05) is 31.5 Å². The van der Waals surface area contributed by atoms with Crippen LogP contribution < -0.4 is 16.0 Å². The maximum absolute atomic E-state index is 13.0. The second-order valence-corrected chi connectivity index (χ2v) is 8.43. The quantitative estimate of drug-likeness (QED) is 0.238. The molecule has 1 heterocycles. The van der Waals surface area contributed by atoms with Gasteiger partial charge in [-0.2, -0.15) is 13.2 Å². The fraction of sp³-hybridized carbons (Fsp3) is 0.467. The van der Waals surface area contributed by atoms with Crippen molar-refractivity contribution in [3.05, 3.63) is 91.7 Å². The molecule has 0 radical (unpaired) electrons. The van der Waals surface area contributed by atoms with Gasteiger partial charge in [-0.1, -0.05) is 70.7 Å². The normalized spacial score (nSPS) is 16.6. The van der Waals surface area contributed by atoms with Crippen LogP contribution in [0.5, 0.6) is 0 Å². The van der Waals surface area contributed by atoms with Crippen LogP contribution in [0.25, 0.3) is 0 Å². The van der Waals surface area contributed by atoms with E-state index >= 15 is 0 Å². The zero-order valence-corrected chi connectivity index (χ0v) is 22.5. The van der Waals surface area contributed by atoms with Crippen LogP contribution in [0.15, 0.2) is 80.5 Å².